The molecule has 0 saturated carbocycles. The van der Waals surface area contributed by atoms with E-state index in [1.807, 2.05) is 18.4 Å². The van der Waals surface area contributed by atoms with E-state index in [-0.39, 0.29) is 17.0 Å². The topological polar surface area (TPSA) is 65.4 Å². The van der Waals surface area contributed by atoms with Gasteiger partial charge in [0.25, 0.3) is 0 Å². The predicted molar refractivity (Wildman–Crippen MR) is 79.6 cm³/mol. The molecule has 0 fully saturated rings. The van der Waals surface area contributed by atoms with Crippen LogP contribution in [0.2, 0.25) is 0 Å². The normalized spacial score (nSPS) is 11.4. The minimum Gasteiger partial charge on any atom is -0.196 e. The van der Waals surface area contributed by atoms with Crippen LogP contribution in [-0.2, 0) is 6.18 Å². The van der Waals surface area contributed by atoms with Crippen LogP contribution in [0, 0.1) is 18.3 Å². The van der Waals surface area contributed by atoms with Crippen LogP contribution in [0.4, 0.5) is 13.2 Å². The number of nitriles is 1. The van der Waals surface area contributed by atoms with Gasteiger partial charge in [-0.3, -0.25) is 0 Å². The van der Waals surface area contributed by atoms with Gasteiger partial charge in [0.05, 0.1) is 5.56 Å². The van der Waals surface area contributed by atoms with Gasteiger partial charge in [-0.05, 0) is 52.6 Å². The van der Waals surface area contributed by atoms with E-state index in [4.69, 9.17) is 5.26 Å². The Kier molecular flexibility index (Phi) is 3.66. The lowest BCUT2D eigenvalue weighted by molar-refractivity contribution is -0.137. The number of nitrogens with one attached hydrogen (secondary N) is 1. The van der Waals surface area contributed by atoms with Crippen LogP contribution < -0.4 is 0 Å². The van der Waals surface area contributed by atoms with Gasteiger partial charge in [-0.2, -0.15) is 40.1 Å². The highest BCUT2D eigenvalue weighted by molar-refractivity contribution is 7.08. The highest BCUT2D eigenvalue weighted by atomic mass is 32.1. The SMILES string of the molecule is Cc1cscc1-c1cc(-c2n[nH]nc2C#N)cc(C(F)(F)F)c1. The van der Waals surface area contributed by atoms with Crippen LogP contribution in [0.1, 0.15) is 16.8 Å². The number of rotatable bonds is 2. The summed E-state index contributed by atoms with van der Waals surface area (Å²) in [7, 11) is 0. The molecule has 0 unspecified atom stereocenters. The van der Waals surface area contributed by atoms with Crippen LogP contribution in [0.25, 0.3) is 22.4 Å². The second kappa shape index (κ2) is 5.52. The number of aryl methyl sites for hydroxylation is 1. The van der Waals surface area contributed by atoms with Crippen LogP contribution in [-0.4, -0.2) is 15.4 Å². The van der Waals surface area contributed by atoms with Gasteiger partial charge in [0.2, 0.25) is 0 Å². The van der Waals surface area contributed by atoms with E-state index in [2.05, 4.69) is 15.4 Å². The summed E-state index contributed by atoms with van der Waals surface area (Å²) in [5.74, 6) is 0. The Morgan fingerprint density at radius 2 is 1.87 bits per heavy atom. The third-order valence-corrected chi connectivity index (χ3v) is 4.22. The fourth-order valence-corrected chi connectivity index (χ4v) is 3.11. The second-order valence-corrected chi connectivity index (χ2v) is 5.64. The molecular weight excluding hydrogens is 325 g/mol. The molecule has 0 saturated heterocycles. The highest BCUT2D eigenvalue weighted by Crippen LogP contribution is 2.37. The Morgan fingerprint density at radius 3 is 2.48 bits per heavy atom. The molecule has 116 valence electrons. The van der Waals surface area contributed by atoms with Crippen molar-refractivity contribution in [1.29, 1.82) is 5.26 Å². The lowest BCUT2D eigenvalue weighted by Gasteiger charge is -2.11. The fraction of sp³-hybridized carbons (Fsp3) is 0.133. The van der Waals surface area contributed by atoms with E-state index in [9.17, 15) is 13.2 Å². The Hall–Kier alpha value is -2.66. The molecule has 2 aromatic heterocycles. The molecule has 3 rings (SSSR count). The van der Waals surface area contributed by atoms with E-state index >= 15 is 0 Å². The molecule has 0 aliphatic heterocycles. The average Bonchev–Trinajstić information content (AvgIpc) is 3.14. The van der Waals surface area contributed by atoms with Crippen molar-refractivity contribution in [3.05, 3.63) is 45.8 Å². The third kappa shape index (κ3) is 2.83. The smallest absolute Gasteiger partial charge is 0.196 e. The van der Waals surface area contributed by atoms with Crippen molar-refractivity contribution >= 4 is 11.3 Å². The average molecular weight is 334 g/mol. The molecule has 1 N–H and O–H groups in total. The zero-order valence-corrected chi connectivity index (χ0v) is 12.6. The van der Waals surface area contributed by atoms with E-state index in [0.29, 0.717) is 5.56 Å². The summed E-state index contributed by atoms with van der Waals surface area (Å²) in [6.07, 6.45) is -4.49. The first kappa shape index (κ1) is 15.2. The number of halogens is 3. The summed E-state index contributed by atoms with van der Waals surface area (Å²) in [4.78, 5) is 0. The number of nitrogens with zero attached hydrogens (tertiary/aromatic N) is 3. The van der Waals surface area contributed by atoms with Crippen molar-refractivity contribution < 1.29 is 13.2 Å². The highest BCUT2D eigenvalue weighted by Gasteiger charge is 2.32. The lowest BCUT2D eigenvalue weighted by atomic mass is 9.97. The zero-order chi connectivity index (χ0) is 16.6. The van der Waals surface area contributed by atoms with Gasteiger partial charge in [0, 0.05) is 5.56 Å². The van der Waals surface area contributed by atoms with Crippen molar-refractivity contribution in [2.45, 2.75) is 13.1 Å². The second-order valence-electron chi connectivity index (χ2n) is 4.90. The van der Waals surface area contributed by atoms with E-state index in [1.165, 1.54) is 11.3 Å². The summed E-state index contributed by atoms with van der Waals surface area (Å²) in [5.41, 5.74) is 1.52. The number of benzene rings is 1. The maximum absolute atomic E-state index is 13.2. The van der Waals surface area contributed by atoms with E-state index in [0.717, 1.165) is 23.3 Å². The Morgan fingerprint density at radius 1 is 1.13 bits per heavy atom. The molecule has 23 heavy (non-hydrogen) atoms. The maximum atomic E-state index is 13.2. The van der Waals surface area contributed by atoms with Gasteiger partial charge in [-0.15, -0.1) is 5.10 Å². The van der Waals surface area contributed by atoms with Gasteiger partial charge in [-0.1, -0.05) is 0 Å². The number of hydrogen-bond acceptors (Lipinski definition) is 4. The minimum atomic E-state index is -4.49. The quantitative estimate of drug-likeness (QED) is 0.755. The summed E-state index contributed by atoms with van der Waals surface area (Å²) in [5, 5.41) is 22.4. The molecular formula is C15H9F3N4S. The molecule has 0 bridgehead atoms. The van der Waals surface area contributed by atoms with Crippen LogP contribution in [0.15, 0.2) is 29.0 Å². The molecule has 8 heteroatoms. The van der Waals surface area contributed by atoms with E-state index in [1.54, 1.807) is 11.4 Å². The first-order valence-electron chi connectivity index (χ1n) is 6.47. The summed E-state index contributed by atoms with van der Waals surface area (Å²) < 4.78 is 39.6. The molecule has 0 spiro atoms. The van der Waals surface area contributed by atoms with Crippen molar-refractivity contribution in [2.75, 3.05) is 0 Å². The monoisotopic (exact) mass is 334 g/mol. The van der Waals surface area contributed by atoms with Gasteiger partial charge in [-0.25, -0.2) is 0 Å². The third-order valence-electron chi connectivity index (χ3n) is 3.35. The fourth-order valence-electron chi connectivity index (χ4n) is 2.25. The number of aromatic amines is 1. The summed E-state index contributed by atoms with van der Waals surface area (Å²) in [6.45, 7) is 1.84. The number of H-pyrrole nitrogens is 1. The number of aromatic nitrogens is 3. The largest absolute Gasteiger partial charge is 0.416 e. The lowest BCUT2D eigenvalue weighted by Crippen LogP contribution is -2.05. The minimum absolute atomic E-state index is 0.0442. The summed E-state index contributed by atoms with van der Waals surface area (Å²) in [6, 6.07) is 5.48. The van der Waals surface area contributed by atoms with E-state index < -0.39 is 11.7 Å². The molecule has 0 amide bonds. The maximum Gasteiger partial charge on any atom is 0.416 e. The Bertz CT molecular complexity index is 902. The van der Waals surface area contributed by atoms with Gasteiger partial charge in [0.15, 0.2) is 5.69 Å². The number of thiophene rings is 1. The molecule has 0 aliphatic rings. The van der Waals surface area contributed by atoms with Crippen LogP contribution in [0.5, 0.6) is 0 Å². The van der Waals surface area contributed by atoms with Crippen molar-refractivity contribution in [3.63, 3.8) is 0 Å². The van der Waals surface area contributed by atoms with Gasteiger partial charge < -0.3 is 0 Å². The van der Waals surface area contributed by atoms with Crippen molar-refractivity contribution in [3.8, 4) is 28.5 Å². The van der Waals surface area contributed by atoms with Crippen molar-refractivity contribution in [2.24, 2.45) is 0 Å². The van der Waals surface area contributed by atoms with Gasteiger partial charge >= 0.3 is 6.18 Å². The predicted octanol–water partition coefficient (Wildman–Crippen LogP) is 4.40. The first-order valence-corrected chi connectivity index (χ1v) is 7.41. The first-order chi connectivity index (χ1) is 10.9. The number of hydrogen-bond donors (Lipinski definition) is 1. The standard InChI is InChI=1S/C15H9F3N4S/c1-8-6-23-7-12(8)9-2-10(4-11(3-9)15(16,17)18)14-13(5-19)20-22-21-14/h2-4,6-7H,1H3,(H,20,21,22). The number of alkyl halides is 3. The van der Waals surface area contributed by atoms with Crippen LogP contribution >= 0.6 is 11.3 Å². The Labute approximate surface area is 133 Å². The summed E-state index contributed by atoms with van der Waals surface area (Å²) >= 11 is 1.42. The molecule has 2 heterocycles. The molecule has 0 atom stereocenters. The molecule has 0 radical (unpaired) electrons. The molecule has 3 aromatic rings. The van der Waals surface area contributed by atoms with Crippen molar-refractivity contribution in [1.82, 2.24) is 15.4 Å². The molecule has 0 aliphatic carbocycles. The Balaban J connectivity index is 2.25. The van der Waals surface area contributed by atoms with Gasteiger partial charge in [0.1, 0.15) is 11.8 Å². The van der Waals surface area contributed by atoms with Crippen LogP contribution in [0.3, 0.4) is 0 Å². The zero-order valence-electron chi connectivity index (χ0n) is 11.8. The molecule has 1 aromatic carbocycles. The molecule has 4 nitrogen and oxygen atoms in total.